The Labute approximate surface area is 112 Å². The second-order valence-electron chi connectivity index (χ2n) is 4.19. The maximum Gasteiger partial charge on any atom is 0.235 e. The van der Waals surface area contributed by atoms with Crippen molar-refractivity contribution in [2.75, 3.05) is 7.11 Å². The SMILES string of the molecule is COc1cc(F)c(Br)c(C2(N=C=O)CCC2)c1O. The van der Waals surface area contributed by atoms with Crippen LogP contribution < -0.4 is 4.74 Å². The third kappa shape index (κ3) is 1.82. The number of nitrogens with zero attached hydrogens (tertiary/aromatic N) is 1. The van der Waals surface area contributed by atoms with Crippen molar-refractivity contribution in [3.63, 3.8) is 0 Å². The largest absolute Gasteiger partial charge is 0.504 e. The molecule has 1 fully saturated rings. The van der Waals surface area contributed by atoms with Crippen LogP contribution in [-0.2, 0) is 10.3 Å². The first-order valence-corrected chi connectivity index (χ1v) is 6.19. The number of hydrogen-bond donors (Lipinski definition) is 1. The van der Waals surface area contributed by atoms with Crippen molar-refractivity contribution in [3.05, 3.63) is 21.9 Å². The van der Waals surface area contributed by atoms with Crippen LogP contribution in [0, 0.1) is 5.82 Å². The molecule has 0 amide bonds. The molecule has 96 valence electrons. The molecule has 4 nitrogen and oxygen atoms in total. The summed E-state index contributed by atoms with van der Waals surface area (Å²) in [6.07, 6.45) is 3.50. The maximum atomic E-state index is 13.8. The molecular weight excluding hydrogens is 305 g/mol. The lowest BCUT2D eigenvalue weighted by Gasteiger charge is -2.38. The molecule has 0 radical (unpaired) electrons. The molecule has 18 heavy (non-hydrogen) atoms. The van der Waals surface area contributed by atoms with Gasteiger partial charge in [0.15, 0.2) is 11.5 Å². The first-order valence-electron chi connectivity index (χ1n) is 5.40. The monoisotopic (exact) mass is 315 g/mol. The number of methoxy groups -OCH3 is 1. The molecule has 0 aliphatic heterocycles. The number of phenols is 1. The molecule has 1 N–H and O–H groups in total. The summed E-state index contributed by atoms with van der Waals surface area (Å²) in [5.74, 6) is -0.727. The van der Waals surface area contributed by atoms with Gasteiger partial charge in [-0.15, -0.1) is 0 Å². The number of rotatable bonds is 3. The minimum Gasteiger partial charge on any atom is -0.504 e. The Balaban J connectivity index is 2.69. The standard InChI is InChI=1S/C12H11BrFNO3/c1-18-8-5-7(14)10(13)9(11(8)17)12(15-6-16)3-2-4-12/h5,17H,2-4H2,1H3. The molecule has 1 aliphatic carbocycles. The lowest BCUT2D eigenvalue weighted by atomic mass is 9.72. The zero-order chi connectivity index (χ0) is 13.3. The highest BCUT2D eigenvalue weighted by atomic mass is 79.9. The second-order valence-corrected chi connectivity index (χ2v) is 4.98. The minimum atomic E-state index is -0.889. The number of hydrogen-bond acceptors (Lipinski definition) is 4. The third-order valence-corrected chi connectivity index (χ3v) is 4.06. The van der Waals surface area contributed by atoms with Crippen LogP contribution in [0.4, 0.5) is 4.39 Å². The molecule has 1 aromatic rings. The number of benzene rings is 1. The number of aromatic hydroxyl groups is 1. The average Bonchev–Trinajstić information content (AvgIpc) is 2.30. The van der Waals surface area contributed by atoms with E-state index in [4.69, 9.17) is 4.74 Å². The molecule has 0 bridgehead atoms. The van der Waals surface area contributed by atoms with Crippen LogP contribution in [0.3, 0.4) is 0 Å². The first kappa shape index (κ1) is 13.1. The van der Waals surface area contributed by atoms with Crippen LogP contribution in [-0.4, -0.2) is 18.3 Å². The number of phenolic OH excluding ortho intramolecular Hbond substituents is 1. The highest BCUT2D eigenvalue weighted by Gasteiger charge is 2.44. The van der Waals surface area contributed by atoms with E-state index in [1.165, 1.54) is 13.2 Å². The van der Waals surface area contributed by atoms with E-state index in [1.54, 1.807) is 0 Å². The van der Waals surface area contributed by atoms with Crippen molar-refractivity contribution in [1.29, 1.82) is 0 Å². The summed E-state index contributed by atoms with van der Waals surface area (Å²) in [5.41, 5.74) is -0.631. The van der Waals surface area contributed by atoms with Crippen LogP contribution in [0.15, 0.2) is 15.5 Å². The highest BCUT2D eigenvalue weighted by molar-refractivity contribution is 9.10. The predicted octanol–water partition coefficient (Wildman–Crippen LogP) is 3.02. The molecule has 1 saturated carbocycles. The van der Waals surface area contributed by atoms with Crippen molar-refractivity contribution in [3.8, 4) is 11.5 Å². The minimum absolute atomic E-state index is 0.0260. The van der Waals surface area contributed by atoms with E-state index in [0.29, 0.717) is 12.8 Å². The number of carbonyl (C=O) groups excluding carboxylic acids is 1. The van der Waals surface area contributed by atoms with Crippen LogP contribution in [0.1, 0.15) is 24.8 Å². The molecule has 6 heteroatoms. The van der Waals surface area contributed by atoms with Gasteiger partial charge in [0.25, 0.3) is 0 Å². The smallest absolute Gasteiger partial charge is 0.235 e. The van der Waals surface area contributed by atoms with Gasteiger partial charge in [0.05, 0.1) is 11.6 Å². The molecular formula is C12H11BrFNO3. The van der Waals surface area contributed by atoms with E-state index in [9.17, 15) is 14.3 Å². The van der Waals surface area contributed by atoms with Gasteiger partial charge in [0.2, 0.25) is 6.08 Å². The fourth-order valence-corrected chi connectivity index (χ4v) is 2.86. The molecule has 0 spiro atoms. The Hall–Kier alpha value is -1.39. The van der Waals surface area contributed by atoms with E-state index < -0.39 is 11.4 Å². The van der Waals surface area contributed by atoms with Crippen LogP contribution in [0.2, 0.25) is 0 Å². The summed E-state index contributed by atoms with van der Waals surface area (Å²) in [7, 11) is 1.34. The topological polar surface area (TPSA) is 58.9 Å². The van der Waals surface area contributed by atoms with Crippen LogP contribution >= 0.6 is 15.9 Å². The van der Waals surface area contributed by atoms with Crippen LogP contribution in [0.5, 0.6) is 11.5 Å². The molecule has 0 aromatic heterocycles. The normalized spacial score (nSPS) is 16.6. The highest BCUT2D eigenvalue weighted by Crippen LogP contribution is 2.53. The van der Waals surface area contributed by atoms with Gasteiger partial charge in [-0.05, 0) is 35.2 Å². The van der Waals surface area contributed by atoms with Crippen molar-refractivity contribution < 1.29 is 19.0 Å². The van der Waals surface area contributed by atoms with Crippen LogP contribution in [0.25, 0.3) is 0 Å². The Kier molecular flexibility index (Phi) is 3.41. The Morgan fingerprint density at radius 3 is 2.72 bits per heavy atom. The summed E-state index contributed by atoms with van der Waals surface area (Å²) < 4.78 is 18.8. The van der Waals surface area contributed by atoms with Gasteiger partial charge >= 0.3 is 0 Å². The van der Waals surface area contributed by atoms with Crippen molar-refractivity contribution in [2.45, 2.75) is 24.8 Å². The van der Waals surface area contributed by atoms with E-state index in [-0.39, 0.29) is 21.5 Å². The van der Waals surface area contributed by atoms with Gasteiger partial charge in [-0.3, -0.25) is 0 Å². The zero-order valence-corrected chi connectivity index (χ0v) is 11.3. The molecule has 0 heterocycles. The number of aliphatic imine (C=N–C) groups is 1. The van der Waals surface area contributed by atoms with Gasteiger partial charge in [0.1, 0.15) is 11.4 Å². The van der Waals surface area contributed by atoms with E-state index in [0.717, 1.165) is 12.5 Å². The molecule has 0 saturated heterocycles. The van der Waals surface area contributed by atoms with E-state index >= 15 is 0 Å². The average molecular weight is 316 g/mol. The lowest BCUT2D eigenvalue weighted by molar-refractivity contribution is 0.242. The third-order valence-electron chi connectivity index (χ3n) is 3.28. The first-order chi connectivity index (χ1) is 8.55. The predicted molar refractivity (Wildman–Crippen MR) is 66.0 cm³/mol. The summed E-state index contributed by atoms with van der Waals surface area (Å²) in [6, 6.07) is 1.08. The number of isocyanates is 1. The number of ether oxygens (including phenoxy) is 1. The molecule has 1 aromatic carbocycles. The van der Waals surface area contributed by atoms with Gasteiger partial charge in [0, 0.05) is 11.6 Å². The fraction of sp³-hybridized carbons (Fsp3) is 0.417. The molecule has 2 rings (SSSR count). The van der Waals surface area contributed by atoms with E-state index in [2.05, 4.69) is 20.9 Å². The zero-order valence-electron chi connectivity index (χ0n) is 9.67. The fourth-order valence-electron chi connectivity index (χ4n) is 2.19. The molecule has 1 aliphatic rings. The van der Waals surface area contributed by atoms with Gasteiger partial charge in [-0.25, -0.2) is 9.18 Å². The summed E-state index contributed by atoms with van der Waals surface area (Å²) >= 11 is 3.09. The Morgan fingerprint density at radius 2 is 2.28 bits per heavy atom. The number of halogens is 2. The second kappa shape index (κ2) is 4.71. The summed E-state index contributed by atoms with van der Waals surface area (Å²) in [5, 5.41) is 10.1. The van der Waals surface area contributed by atoms with Gasteiger partial charge in [-0.2, -0.15) is 4.99 Å². The van der Waals surface area contributed by atoms with Gasteiger partial charge < -0.3 is 9.84 Å². The van der Waals surface area contributed by atoms with E-state index in [1.807, 2.05) is 0 Å². The molecule has 0 atom stereocenters. The molecule has 0 unspecified atom stereocenters. The van der Waals surface area contributed by atoms with Crippen molar-refractivity contribution in [1.82, 2.24) is 0 Å². The van der Waals surface area contributed by atoms with Crippen molar-refractivity contribution in [2.24, 2.45) is 4.99 Å². The van der Waals surface area contributed by atoms with Gasteiger partial charge in [-0.1, -0.05) is 0 Å². The maximum absolute atomic E-state index is 13.8. The summed E-state index contributed by atoms with van der Waals surface area (Å²) in [4.78, 5) is 14.3. The van der Waals surface area contributed by atoms with Crippen molar-refractivity contribution >= 4 is 22.0 Å². The lowest BCUT2D eigenvalue weighted by Crippen LogP contribution is -2.32. The Morgan fingerprint density at radius 1 is 1.61 bits per heavy atom. The quantitative estimate of drug-likeness (QED) is 0.689. The summed E-state index contributed by atoms with van der Waals surface area (Å²) in [6.45, 7) is 0. The Bertz CT molecular complexity index is 537.